The van der Waals surface area contributed by atoms with E-state index < -0.39 is 24.3 Å². The van der Waals surface area contributed by atoms with Gasteiger partial charge in [-0.3, -0.25) is 9.59 Å². The number of hydrogen-bond acceptors (Lipinski definition) is 3. The zero-order valence-electron chi connectivity index (χ0n) is 13.7. The van der Waals surface area contributed by atoms with E-state index in [1.807, 2.05) is 36.4 Å². The second-order valence-corrected chi connectivity index (χ2v) is 6.05. The fraction of sp³-hybridized carbons (Fsp3) is 0.100. The fourth-order valence-electron chi connectivity index (χ4n) is 2.51. The number of halogens is 2. The first kappa shape index (κ1) is 17.9. The van der Waals surface area contributed by atoms with Crippen LogP contribution in [0, 0.1) is 5.82 Å². The van der Waals surface area contributed by atoms with Gasteiger partial charge in [-0.15, -0.1) is 0 Å². The number of nitrogens with one attached hydrogen (secondary N) is 1. The Kier molecular flexibility index (Phi) is 5.49. The molecule has 0 saturated heterocycles. The number of rotatable bonds is 5. The molecule has 0 atom stereocenters. The minimum atomic E-state index is -0.731. The molecule has 3 rings (SSSR count). The predicted molar refractivity (Wildman–Crippen MR) is 98.7 cm³/mol. The minimum absolute atomic E-state index is 0.0501. The molecule has 0 bridgehead atoms. The van der Waals surface area contributed by atoms with Gasteiger partial charge in [0.2, 0.25) is 0 Å². The SMILES string of the molecule is O=C(COC(=O)Cc1c(F)cccc1Cl)Nc1ccc2ccccc2c1. The zero-order valence-corrected chi connectivity index (χ0v) is 14.4. The van der Waals surface area contributed by atoms with Crippen molar-refractivity contribution in [3.63, 3.8) is 0 Å². The van der Waals surface area contributed by atoms with Crippen LogP contribution in [-0.2, 0) is 20.7 Å². The number of hydrogen-bond donors (Lipinski definition) is 1. The third kappa shape index (κ3) is 4.37. The van der Waals surface area contributed by atoms with E-state index in [2.05, 4.69) is 5.32 Å². The molecule has 0 aromatic heterocycles. The van der Waals surface area contributed by atoms with Crippen molar-refractivity contribution in [3.05, 3.63) is 77.1 Å². The Hall–Kier alpha value is -2.92. The summed E-state index contributed by atoms with van der Waals surface area (Å²) in [7, 11) is 0. The molecule has 132 valence electrons. The second-order valence-electron chi connectivity index (χ2n) is 5.65. The van der Waals surface area contributed by atoms with Gasteiger partial charge in [-0.1, -0.05) is 48.0 Å². The van der Waals surface area contributed by atoms with Crippen LogP contribution in [-0.4, -0.2) is 18.5 Å². The normalized spacial score (nSPS) is 10.5. The van der Waals surface area contributed by atoms with Crippen molar-refractivity contribution in [2.45, 2.75) is 6.42 Å². The lowest BCUT2D eigenvalue weighted by atomic mass is 10.1. The van der Waals surface area contributed by atoms with Gasteiger partial charge in [-0.2, -0.15) is 0 Å². The molecule has 0 radical (unpaired) electrons. The Balaban J connectivity index is 1.55. The molecule has 0 aliphatic heterocycles. The number of fused-ring (bicyclic) bond motifs is 1. The second kappa shape index (κ2) is 7.97. The molecule has 1 N–H and O–H groups in total. The summed E-state index contributed by atoms with van der Waals surface area (Å²) in [6.45, 7) is -0.461. The monoisotopic (exact) mass is 371 g/mol. The van der Waals surface area contributed by atoms with Crippen molar-refractivity contribution >= 4 is 39.9 Å². The molecule has 3 aromatic rings. The van der Waals surface area contributed by atoms with E-state index in [4.69, 9.17) is 16.3 Å². The molecule has 6 heteroatoms. The largest absolute Gasteiger partial charge is 0.455 e. The maximum atomic E-state index is 13.7. The Bertz CT molecular complexity index is 954. The van der Waals surface area contributed by atoms with E-state index >= 15 is 0 Å². The number of esters is 1. The average molecular weight is 372 g/mol. The summed E-state index contributed by atoms with van der Waals surface area (Å²) in [5.41, 5.74) is 0.649. The summed E-state index contributed by atoms with van der Waals surface area (Å²) >= 11 is 5.86. The highest BCUT2D eigenvalue weighted by Crippen LogP contribution is 2.20. The van der Waals surface area contributed by atoms with Gasteiger partial charge in [0, 0.05) is 16.3 Å². The molecule has 0 aliphatic rings. The van der Waals surface area contributed by atoms with Gasteiger partial charge in [0.1, 0.15) is 5.82 Å². The van der Waals surface area contributed by atoms with Crippen molar-refractivity contribution in [2.24, 2.45) is 0 Å². The van der Waals surface area contributed by atoms with Crippen molar-refractivity contribution in [2.75, 3.05) is 11.9 Å². The summed E-state index contributed by atoms with van der Waals surface area (Å²) in [4.78, 5) is 23.8. The van der Waals surface area contributed by atoms with E-state index in [0.717, 1.165) is 10.8 Å². The van der Waals surface area contributed by atoms with Crippen molar-refractivity contribution in [3.8, 4) is 0 Å². The number of benzene rings is 3. The van der Waals surface area contributed by atoms with Crippen molar-refractivity contribution in [1.82, 2.24) is 0 Å². The molecule has 0 spiro atoms. The Morgan fingerprint density at radius 1 is 1.00 bits per heavy atom. The molecule has 26 heavy (non-hydrogen) atoms. The maximum Gasteiger partial charge on any atom is 0.310 e. The molecule has 0 aliphatic carbocycles. The first-order chi connectivity index (χ1) is 12.5. The standard InChI is InChI=1S/C20H15ClFNO3/c21-17-6-3-7-18(22)16(17)11-20(25)26-12-19(24)23-15-9-8-13-4-1-2-5-14(13)10-15/h1-10H,11-12H2,(H,23,24). The van der Waals surface area contributed by atoms with Gasteiger partial charge in [-0.25, -0.2) is 4.39 Å². The lowest BCUT2D eigenvalue weighted by molar-refractivity contribution is -0.146. The molecule has 0 heterocycles. The molecular formula is C20H15ClFNO3. The summed E-state index contributed by atoms with van der Waals surface area (Å²) in [6, 6.07) is 17.4. The van der Waals surface area contributed by atoms with E-state index in [1.54, 1.807) is 6.07 Å². The van der Waals surface area contributed by atoms with Crippen LogP contribution in [0.15, 0.2) is 60.7 Å². The first-order valence-electron chi connectivity index (χ1n) is 7.90. The molecule has 1 amide bonds. The highest BCUT2D eigenvalue weighted by atomic mass is 35.5. The van der Waals surface area contributed by atoms with Crippen LogP contribution in [0.5, 0.6) is 0 Å². The van der Waals surface area contributed by atoms with E-state index in [1.165, 1.54) is 18.2 Å². The molecule has 0 saturated carbocycles. The lowest BCUT2D eigenvalue weighted by Gasteiger charge is -2.08. The van der Waals surface area contributed by atoms with Crippen LogP contribution >= 0.6 is 11.6 Å². The third-order valence-electron chi connectivity index (χ3n) is 3.78. The number of amides is 1. The first-order valence-corrected chi connectivity index (χ1v) is 8.28. The predicted octanol–water partition coefficient (Wildman–Crippen LogP) is 4.36. The van der Waals surface area contributed by atoms with Gasteiger partial charge in [-0.05, 0) is 35.0 Å². The summed E-state index contributed by atoms with van der Waals surface area (Å²) < 4.78 is 18.6. The topological polar surface area (TPSA) is 55.4 Å². The summed E-state index contributed by atoms with van der Waals surface area (Å²) in [5, 5.41) is 4.84. The van der Waals surface area contributed by atoms with Gasteiger partial charge in [0.15, 0.2) is 6.61 Å². The van der Waals surface area contributed by atoms with E-state index in [9.17, 15) is 14.0 Å². The van der Waals surface area contributed by atoms with Crippen LogP contribution in [0.4, 0.5) is 10.1 Å². The third-order valence-corrected chi connectivity index (χ3v) is 4.13. The van der Waals surface area contributed by atoms with Crippen LogP contribution in [0.25, 0.3) is 10.8 Å². The molecular weight excluding hydrogens is 357 g/mol. The van der Waals surface area contributed by atoms with Crippen molar-refractivity contribution in [1.29, 1.82) is 0 Å². The Morgan fingerprint density at radius 3 is 2.54 bits per heavy atom. The maximum absolute atomic E-state index is 13.7. The molecule has 0 unspecified atom stereocenters. The summed E-state index contributed by atoms with van der Waals surface area (Å²) in [6.07, 6.45) is -0.339. The molecule has 4 nitrogen and oxygen atoms in total. The van der Waals surface area contributed by atoms with Crippen LogP contribution in [0.1, 0.15) is 5.56 Å². The number of carbonyl (C=O) groups excluding carboxylic acids is 2. The minimum Gasteiger partial charge on any atom is -0.455 e. The van der Waals surface area contributed by atoms with E-state index in [-0.39, 0.29) is 17.0 Å². The lowest BCUT2D eigenvalue weighted by Crippen LogP contribution is -2.21. The zero-order chi connectivity index (χ0) is 18.5. The highest BCUT2D eigenvalue weighted by molar-refractivity contribution is 6.31. The van der Waals surface area contributed by atoms with E-state index in [0.29, 0.717) is 5.69 Å². The average Bonchev–Trinajstić information content (AvgIpc) is 2.63. The smallest absolute Gasteiger partial charge is 0.310 e. The quantitative estimate of drug-likeness (QED) is 0.678. The fourth-order valence-corrected chi connectivity index (χ4v) is 2.74. The van der Waals surface area contributed by atoms with Gasteiger partial charge in [0.25, 0.3) is 5.91 Å². The van der Waals surface area contributed by atoms with Gasteiger partial charge in [0.05, 0.1) is 6.42 Å². The highest BCUT2D eigenvalue weighted by Gasteiger charge is 2.14. The number of ether oxygens (including phenoxy) is 1. The van der Waals surface area contributed by atoms with Crippen molar-refractivity contribution < 1.29 is 18.7 Å². The molecule has 0 fully saturated rings. The van der Waals surface area contributed by atoms with Gasteiger partial charge < -0.3 is 10.1 Å². The number of carbonyl (C=O) groups is 2. The van der Waals surface area contributed by atoms with Crippen LogP contribution in [0.2, 0.25) is 5.02 Å². The van der Waals surface area contributed by atoms with Gasteiger partial charge >= 0.3 is 5.97 Å². The summed E-state index contributed by atoms with van der Waals surface area (Å²) in [5.74, 6) is -1.80. The Morgan fingerprint density at radius 2 is 1.77 bits per heavy atom. The van der Waals surface area contributed by atoms with Crippen LogP contribution < -0.4 is 5.32 Å². The molecule has 3 aromatic carbocycles. The van der Waals surface area contributed by atoms with Crippen LogP contribution in [0.3, 0.4) is 0 Å². The number of anilines is 1. The Labute approximate surface area is 154 Å².